The van der Waals surface area contributed by atoms with E-state index in [4.69, 9.17) is 9.47 Å². The minimum Gasteiger partial charge on any atom is -0.489 e. The number of fused-ring (bicyclic) bond motifs is 1. The first-order chi connectivity index (χ1) is 16.5. The first-order valence-electron chi connectivity index (χ1n) is 11.0. The van der Waals surface area contributed by atoms with E-state index in [1.165, 1.54) is 13.4 Å². The summed E-state index contributed by atoms with van der Waals surface area (Å²) >= 11 is 0. The van der Waals surface area contributed by atoms with E-state index in [9.17, 15) is 0 Å². The molecule has 176 valence electrons. The van der Waals surface area contributed by atoms with Crippen LogP contribution in [-0.4, -0.2) is 65.2 Å². The number of aromatic nitrogens is 4. The minimum atomic E-state index is -0.474. The number of piperazine rings is 1. The molecule has 0 amide bonds. The van der Waals surface area contributed by atoms with Crippen molar-refractivity contribution in [1.29, 1.82) is 0 Å². The molecule has 1 aliphatic rings. The molecule has 1 fully saturated rings. The number of aryl methyl sites for hydroxylation is 1. The van der Waals surface area contributed by atoms with Gasteiger partial charge < -0.3 is 29.6 Å². The fourth-order valence-electron chi connectivity index (χ4n) is 4.01. The Morgan fingerprint density at radius 1 is 1.06 bits per heavy atom. The molecule has 0 spiro atoms. The maximum absolute atomic E-state index is 15.0. The Bertz CT molecular complexity index is 1300. The van der Waals surface area contributed by atoms with Crippen LogP contribution >= 0.6 is 0 Å². The van der Waals surface area contributed by atoms with Gasteiger partial charge in [0, 0.05) is 42.8 Å². The third-order valence-corrected chi connectivity index (χ3v) is 5.88. The zero-order chi connectivity index (χ0) is 23.7. The molecular formula is C24H26FN7O2. The van der Waals surface area contributed by atoms with Gasteiger partial charge in [0.05, 0.1) is 19.0 Å². The van der Waals surface area contributed by atoms with Crippen LogP contribution in [0.15, 0.2) is 42.9 Å². The van der Waals surface area contributed by atoms with E-state index in [1.807, 2.05) is 25.3 Å². The lowest BCUT2D eigenvalue weighted by Gasteiger charge is -2.33. The highest BCUT2D eigenvalue weighted by atomic mass is 19.1. The summed E-state index contributed by atoms with van der Waals surface area (Å²) in [6.45, 7) is 5.86. The molecule has 10 heteroatoms. The number of methoxy groups -OCH3 is 1. The van der Waals surface area contributed by atoms with Gasteiger partial charge in [0.25, 0.3) is 5.88 Å². The Kier molecular flexibility index (Phi) is 5.89. The van der Waals surface area contributed by atoms with Crippen molar-refractivity contribution in [3.8, 4) is 17.4 Å². The van der Waals surface area contributed by atoms with Gasteiger partial charge in [0.1, 0.15) is 12.1 Å². The molecule has 1 aliphatic heterocycles. The van der Waals surface area contributed by atoms with Crippen molar-refractivity contribution in [3.05, 3.63) is 54.4 Å². The molecule has 1 aromatic carbocycles. The van der Waals surface area contributed by atoms with Crippen LogP contribution in [0.3, 0.4) is 0 Å². The Hall–Kier alpha value is -3.92. The van der Waals surface area contributed by atoms with Crippen LogP contribution in [0.25, 0.3) is 10.9 Å². The van der Waals surface area contributed by atoms with E-state index in [0.29, 0.717) is 22.5 Å². The van der Waals surface area contributed by atoms with Crippen molar-refractivity contribution < 1.29 is 13.9 Å². The molecule has 0 atom stereocenters. The smallest absolute Gasteiger partial charge is 0.268 e. The van der Waals surface area contributed by atoms with Gasteiger partial charge in [-0.3, -0.25) is 0 Å². The third kappa shape index (κ3) is 4.32. The van der Waals surface area contributed by atoms with Crippen molar-refractivity contribution in [2.45, 2.75) is 6.92 Å². The van der Waals surface area contributed by atoms with Crippen molar-refractivity contribution in [3.63, 3.8) is 0 Å². The van der Waals surface area contributed by atoms with E-state index in [2.05, 4.69) is 42.1 Å². The monoisotopic (exact) mass is 463 g/mol. The van der Waals surface area contributed by atoms with Crippen LogP contribution in [0.1, 0.15) is 5.69 Å². The predicted molar refractivity (Wildman–Crippen MR) is 129 cm³/mol. The Balaban J connectivity index is 1.36. The number of aromatic amines is 1. The molecular weight excluding hydrogens is 437 g/mol. The van der Waals surface area contributed by atoms with Crippen LogP contribution in [0, 0.1) is 12.7 Å². The molecule has 0 bridgehead atoms. The first-order valence-corrected chi connectivity index (χ1v) is 11.0. The van der Waals surface area contributed by atoms with Crippen LogP contribution < -0.4 is 19.7 Å². The number of rotatable bonds is 6. The van der Waals surface area contributed by atoms with E-state index in [0.717, 1.165) is 37.6 Å². The number of halogens is 1. The summed E-state index contributed by atoms with van der Waals surface area (Å²) < 4.78 is 26.3. The SMILES string of the molecule is COc1c(Nc2ccc(N3CCN(C)CC3)cn2)ncnc1Oc1ccc2[nH]c(C)cc2c1F. The zero-order valence-corrected chi connectivity index (χ0v) is 19.3. The first kappa shape index (κ1) is 21.9. The summed E-state index contributed by atoms with van der Waals surface area (Å²) in [5, 5.41) is 3.59. The van der Waals surface area contributed by atoms with Gasteiger partial charge in [-0.25, -0.2) is 14.4 Å². The molecule has 5 rings (SSSR count). The number of ether oxygens (including phenoxy) is 2. The molecule has 0 radical (unpaired) electrons. The van der Waals surface area contributed by atoms with Crippen LogP contribution in [0.2, 0.25) is 0 Å². The second-order valence-corrected chi connectivity index (χ2v) is 8.27. The minimum absolute atomic E-state index is 0.0455. The highest BCUT2D eigenvalue weighted by Crippen LogP contribution is 2.37. The maximum Gasteiger partial charge on any atom is 0.268 e. The lowest BCUT2D eigenvalue weighted by molar-refractivity contribution is 0.313. The lowest BCUT2D eigenvalue weighted by atomic mass is 10.2. The Morgan fingerprint density at radius 2 is 1.88 bits per heavy atom. The topological polar surface area (TPSA) is 91.4 Å². The zero-order valence-electron chi connectivity index (χ0n) is 19.3. The normalized spacial score (nSPS) is 14.4. The highest BCUT2D eigenvalue weighted by molar-refractivity contribution is 5.83. The third-order valence-electron chi connectivity index (χ3n) is 5.88. The van der Waals surface area contributed by atoms with Crippen molar-refractivity contribution >= 4 is 28.2 Å². The molecule has 1 saturated heterocycles. The number of nitrogens with zero attached hydrogens (tertiary/aromatic N) is 5. The van der Waals surface area contributed by atoms with Crippen molar-refractivity contribution in [1.82, 2.24) is 24.8 Å². The summed E-state index contributed by atoms with van der Waals surface area (Å²) in [6, 6.07) is 8.96. The average Bonchev–Trinajstić information content (AvgIpc) is 3.23. The van der Waals surface area contributed by atoms with Gasteiger partial charge in [-0.05, 0) is 44.3 Å². The van der Waals surface area contributed by atoms with E-state index in [1.54, 1.807) is 18.2 Å². The summed E-state index contributed by atoms with van der Waals surface area (Å²) in [5.41, 5.74) is 2.64. The number of hydrogen-bond donors (Lipinski definition) is 2. The molecule has 0 unspecified atom stereocenters. The number of nitrogens with one attached hydrogen (secondary N) is 2. The van der Waals surface area contributed by atoms with E-state index in [-0.39, 0.29) is 17.4 Å². The second-order valence-electron chi connectivity index (χ2n) is 8.27. The second kappa shape index (κ2) is 9.14. The molecule has 0 aliphatic carbocycles. The van der Waals surface area contributed by atoms with Gasteiger partial charge in [0.2, 0.25) is 5.75 Å². The maximum atomic E-state index is 15.0. The van der Waals surface area contributed by atoms with Crippen LogP contribution in [0.5, 0.6) is 17.4 Å². The molecule has 2 N–H and O–H groups in total. The summed E-state index contributed by atoms with van der Waals surface area (Å²) in [5.74, 6) is 0.876. The van der Waals surface area contributed by atoms with E-state index >= 15 is 4.39 Å². The van der Waals surface area contributed by atoms with E-state index < -0.39 is 5.82 Å². The number of H-pyrrole nitrogens is 1. The standard InChI is InChI=1S/C24H26FN7O2/c1-15-12-17-18(29-15)5-6-19(21(17)25)34-24-22(33-3)23(27-14-28-24)30-20-7-4-16(13-26-20)32-10-8-31(2)9-11-32/h4-7,12-14,29H,8-11H2,1-3H3,(H,26,27,28,30). The van der Waals surface area contributed by atoms with Gasteiger partial charge >= 0.3 is 0 Å². The number of hydrogen-bond acceptors (Lipinski definition) is 8. The molecule has 4 aromatic rings. The summed E-state index contributed by atoms with van der Waals surface area (Å²) in [7, 11) is 3.61. The molecule has 0 saturated carbocycles. The largest absolute Gasteiger partial charge is 0.489 e. The molecule has 34 heavy (non-hydrogen) atoms. The highest BCUT2D eigenvalue weighted by Gasteiger charge is 2.19. The van der Waals surface area contributed by atoms with Crippen LogP contribution in [0.4, 0.5) is 21.7 Å². The van der Waals surface area contributed by atoms with Crippen molar-refractivity contribution in [2.75, 3.05) is 50.6 Å². The fraction of sp³-hybridized carbons (Fsp3) is 0.292. The quantitative estimate of drug-likeness (QED) is 0.442. The number of pyridine rings is 1. The lowest BCUT2D eigenvalue weighted by Crippen LogP contribution is -2.44. The van der Waals surface area contributed by atoms with Gasteiger partial charge in [0.15, 0.2) is 17.4 Å². The van der Waals surface area contributed by atoms with Crippen LogP contribution in [-0.2, 0) is 0 Å². The molecule has 4 heterocycles. The molecule has 3 aromatic heterocycles. The Labute approximate surface area is 196 Å². The fourth-order valence-corrected chi connectivity index (χ4v) is 4.01. The summed E-state index contributed by atoms with van der Waals surface area (Å²) in [6.07, 6.45) is 3.16. The number of likely N-dealkylation sites (N-methyl/N-ethyl adjacent to an activating group) is 1. The van der Waals surface area contributed by atoms with Gasteiger partial charge in [-0.1, -0.05) is 0 Å². The number of anilines is 3. The van der Waals surface area contributed by atoms with Gasteiger partial charge in [-0.2, -0.15) is 4.98 Å². The average molecular weight is 464 g/mol. The predicted octanol–water partition coefficient (Wildman–Crippen LogP) is 4.10. The van der Waals surface area contributed by atoms with Crippen molar-refractivity contribution in [2.24, 2.45) is 0 Å². The molecule has 9 nitrogen and oxygen atoms in total. The number of benzene rings is 1. The Morgan fingerprint density at radius 3 is 2.62 bits per heavy atom. The van der Waals surface area contributed by atoms with Gasteiger partial charge in [-0.15, -0.1) is 0 Å². The summed E-state index contributed by atoms with van der Waals surface area (Å²) in [4.78, 5) is 20.7.